The van der Waals surface area contributed by atoms with Gasteiger partial charge in [-0.2, -0.15) is 0 Å². The molecule has 1 unspecified atom stereocenters. The maximum absolute atomic E-state index is 12.2. The Kier molecular flexibility index (Phi) is 5.55. The van der Waals surface area contributed by atoms with Crippen molar-refractivity contribution in [3.05, 3.63) is 0 Å². The number of carbonyl (C=O) groups excluding carboxylic acids is 2. The third-order valence-electron chi connectivity index (χ3n) is 3.07. The highest BCUT2D eigenvalue weighted by molar-refractivity contribution is 5.90. The molecule has 0 aromatic carbocycles. The Labute approximate surface area is 108 Å². The van der Waals surface area contributed by atoms with Gasteiger partial charge in [0.25, 0.3) is 0 Å². The van der Waals surface area contributed by atoms with E-state index in [2.05, 4.69) is 5.32 Å². The van der Waals surface area contributed by atoms with Crippen molar-refractivity contribution in [2.45, 2.75) is 32.9 Å². The molecule has 18 heavy (non-hydrogen) atoms. The third kappa shape index (κ3) is 3.43. The molecule has 0 spiro atoms. The number of nitrogens with one attached hydrogen (secondary N) is 1. The molecular formula is C12H23N3O3. The molecule has 0 radical (unpaired) electrons. The van der Waals surface area contributed by atoms with Crippen LogP contribution in [-0.2, 0) is 14.3 Å². The fourth-order valence-corrected chi connectivity index (χ4v) is 1.85. The first kappa shape index (κ1) is 14.9. The van der Waals surface area contributed by atoms with Crippen LogP contribution in [0.2, 0.25) is 0 Å². The molecule has 0 saturated carbocycles. The summed E-state index contributed by atoms with van der Waals surface area (Å²) in [5.74, 6) is -0.304. The van der Waals surface area contributed by atoms with Crippen LogP contribution in [0.25, 0.3) is 0 Å². The van der Waals surface area contributed by atoms with Crippen molar-refractivity contribution in [3.63, 3.8) is 0 Å². The average molecular weight is 257 g/mol. The Balaban J connectivity index is 2.76. The van der Waals surface area contributed by atoms with Gasteiger partial charge in [0.05, 0.1) is 19.3 Å². The summed E-state index contributed by atoms with van der Waals surface area (Å²) in [5.41, 5.74) is 5.86. The Morgan fingerprint density at radius 3 is 2.72 bits per heavy atom. The highest BCUT2D eigenvalue weighted by Crippen LogP contribution is 2.12. The van der Waals surface area contributed by atoms with Gasteiger partial charge < -0.3 is 20.7 Å². The lowest BCUT2D eigenvalue weighted by atomic mass is 10.0. The van der Waals surface area contributed by atoms with Crippen molar-refractivity contribution in [3.8, 4) is 0 Å². The molecule has 6 nitrogen and oxygen atoms in total. The molecule has 6 heteroatoms. The summed E-state index contributed by atoms with van der Waals surface area (Å²) in [6, 6.07) is -1.13. The summed E-state index contributed by atoms with van der Waals surface area (Å²) in [4.78, 5) is 25.6. The third-order valence-corrected chi connectivity index (χ3v) is 3.07. The van der Waals surface area contributed by atoms with E-state index in [1.165, 1.54) is 0 Å². The van der Waals surface area contributed by atoms with Crippen molar-refractivity contribution >= 4 is 11.8 Å². The molecule has 3 N–H and O–H groups in total. The molecule has 1 aliphatic rings. The highest BCUT2D eigenvalue weighted by Gasteiger charge is 2.35. The second-order valence-electron chi connectivity index (χ2n) is 4.79. The van der Waals surface area contributed by atoms with Crippen molar-refractivity contribution < 1.29 is 14.3 Å². The minimum absolute atomic E-state index is 0.0511. The number of nitrogens with two attached hydrogens (primary N) is 1. The lowest BCUT2D eigenvalue weighted by Gasteiger charge is -2.36. The van der Waals surface area contributed by atoms with Crippen LogP contribution in [0, 0.1) is 5.92 Å². The smallest absolute Gasteiger partial charge is 0.245 e. The van der Waals surface area contributed by atoms with Crippen molar-refractivity contribution in [1.29, 1.82) is 0 Å². The van der Waals surface area contributed by atoms with Gasteiger partial charge in [-0.1, -0.05) is 13.8 Å². The lowest BCUT2D eigenvalue weighted by Crippen LogP contribution is -2.59. The number of nitrogens with zero attached hydrogens (tertiary/aromatic N) is 1. The Bertz CT molecular complexity index is 307. The molecule has 1 heterocycles. The van der Waals surface area contributed by atoms with Crippen LogP contribution in [-0.4, -0.2) is 55.1 Å². The van der Waals surface area contributed by atoms with E-state index in [-0.39, 0.29) is 24.3 Å². The summed E-state index contributed by atoms with van der Waals surface area (Å²) < 4.78 is 5.27. The van der Waals surface area contributed by atoms with Crippen LogP contribution in [0.4, 0.5) is 0 Å². The van der Waals surface area contributed by atoms with E-state index in [1.807, 2.05) is 20.8 Å². The number of rotatable bonds is 4. The molecule has 0 aromatic heterocycles. The van der Waals surface area contributed by atoms with E-state index in [0.717, 1.165) is 0 Å². The molecule has 0 bridgehead atoms. The van der Waals surface area contributed by atoms with E-state index in [0.29, 0.717) is 19.7 Å². The molecule has 1 aliphatic heterocycles. The second-order valence-corrected chi connectivity index (χ2v) is 4.79. The van der Waals surface area contributed by atoms with Gasteiger partial charge in [-0.25, -0.2) is 0 Å². The summed E-state index contributed by atoms with van der Waals surface area (Å²) in [6.45, 7) is 7.27. The minimum atomic E-state index is -0.569. The SMILES string of the molecule is CCNC(=O)C1COCCN1C(=O)[C@@H](N)C(C)C. The topological polar surface area (TPSA) is 84.7 Å². The van der Waals surface area contributed by atoms with E-state index in [9.17, 15) is 9.59 Å². The van der Waals surface area contributed by atoms with Crippen LogP contribution >= 0.6 is 0 Å². The Morgan fingerprint density at radius 1 is 1.50 bits per heavy atom. The van der Waals surface area contributed by atoms with Gasteiger partial charge in [0.2, 0.25) is 11.8 Å². The van der Waals surface area contributed by atoms with E-state index in [4.69, 9.17) is 10.5 Å². The predicted molar refractivity (Wildman–Crippen MR) is 67.8 cm³/mol. The van der Waals surface area contributed by atoms with Crippen LogP contribution in [0.1, 0.15) is 20.8 Å². The number of hydrogen-bond acceptors (Lipinski definition) is 4. The molecule has 1 rings (SSSR count). The number of hydrogen-bond donors (Lipinski definition) is 2. The van der Waals surface area contributed by atoms with Crippen LogP contribution in [0.15, 0.2) is 0 Å². The van der Waals surface area contributed by atoms with Gasteiger partial charge in [-0.05, 0) is 12.8 Å². The van der Waals surface area contributed by atoms with Crippen LogP contribution in [0.3, 0.4) is 0 Å². The van der Waals surface area contributed by atoms with Gasteiger partial charge >= 0.3 is 0 Å². The maximum Gasteiger partial charge on any atom is 0.245 e. The first-order valence-electron chi connectivity index (χ1n) is 6.40. The summed E-state index contributed by atoms with van der Waals surface area (Å²) in [5, 5.41) is 2.71. The molecule has 1 saturated heterocycles. The molecule has 0 aliphatic carbocycles. The minimum Gasteiger partial charge on any atom is -0.377 e. The largest absolute Gasteiger partial charge is 0.377 e. The molecular weight excluding hydrogens is 234 g/mol. The van der Waals surface area contributed by atoms with E-state index < -0.39 is 12.1 Å². The van der Waals surface area contributed by atoms with E-state index >= 15 is 0 Å². The fraction of sp³-hybridized carbons (Fsp3) is 0.833. The van der Waals surface area contributed by atoms with Crippen LogP contribution in [0.5, 0.6) is 0 Å². The molecule has 2 atom stereocenters. The second kappa shape index (κ2) is 6.70. The number of carbonyl (C=O) groups is 2. The first-order chi connectivity index (χ1) is 8.49. The lowest BCUT2D eigenvalue weighted by molar-refractivity contribution is -0.150. The van der Waals surface area contributed by atoms with E-state index in [1.54, 1.807) is 4.90 Å². The summed E-state index contributed by atoms with van der Waals surface area (Å²) >= 11 is 0. The summed E-state index contributed by atoms with van der Waals surface area (Å²) in [7, 11) is 0. The Morgan fingerprint density at radius 2 is 2.17 bits per heavy atom. The number of amides is 2. The normalized spacial score (nSPS) is 21.8. The zero-order chi connectivity index (χ0) is 13.7. The standard InChI is InChI=1S/C12H23N3O3/c1-4-14-11(16)9-7-18-6-5-15(9)12(17)10(13)8(2)3/h8-10H,4-7,13H2,1-3H3,(H,14,16)/t9?,10-/m0/s1. The predicted octanol–water partition coefficient (Wildman–Crippen LogP) is -0.667. The van der Waals surface area contributed by atoms with Crippen molar-refractivity contribution in [2.75, 3.05) is 26.3 Å². The molecule has 104 valence electrons. The monoisotopic (exact) mass is 257 g/mol. The molecule has 2 amide bonds. The van der Waals surface area contributed by atoms with Crippen LogP contribution < -0.4 is 11.1 Å². The number of morpholine rings is 1. The maximum atomic E-state index is 12.2. The fourth-order valence-electron chi connectivity index (χ4n) is 1.85. The Hall–Kier alpha value is -1.14. The number of likely N-dealkylation sites (N-methyl/N-ethyl adjacent to an activating group) is 1. The molecule has 1 fully saturated rings. The molecule has 0 aromatic rings. The number of ether oxygens (including phenoxy) is 1. The first-order valence-corrected chi connectivity index (χ1v) is 6.40. The van der Waals surface area contributed by atoms with Gasteiger partial charge in [0.15, 0.2) is 0 Å². The van der Waals surface area contributed by atoms with Gasteiger partial charge in [0.1, 0.15) is 6.04 Å². The average Bonchev–Trinajstić information content (AvgIpc) is 2.37. The zero-order valence-corrected chi connectivity index (χ0v) is 11.3. The van der Waals surface area contributed by atoms with Crippen molar-refractivity contribution in [2.24, 2.45) is 11.7 Å². The van der Waals surface area contributed by atoms with Gasteiger partial charge in [-0.3, -0.25) is 9.59 Å². The zero-order valence-electron chi connectivity index (χ0n) is 11.3. The van der Waals surface area contributed by atoms with Gasteiger partial charge in [0, 0.05) is 13.1 Å². The van der Waals surface area contributed by atoms with Gasteiger partial charge in [-0.15, -0.1) is 0 Å². The highest BCUT2D eigenvalue weighted by atomic mass is 16.5. The van der Waals surface area contributed by atoms with Crippen molar-refractivity contribution in [1.82, 2.24) is 10.2 Å². The summed E-state index contributed by atoms with van der Waals surface area (Å²) in [6.07, 6.45) is 0. The quantitative estimate of drug-likeness (QED) is 0.700.